The van der Waals surface area contributed by atoms with Gasteiger partial charge in [-0.2, -0.15) is 23.4 Å². The fraction of sp³-hybridized carbons (Fsp3) is 0.318. The Morgan fingerprint density at radius 3 is 2.72 bits per heavy atom. The van der Waals surface area contributed by atoms with Crippen LogP contribution in [0.4, 0.5) is 18.9 Å². The number of nitrogens with one attached hydrogen (secondary N) is 2. The average molecular weight is 441 g/mol. The van der Waals surface area contributed by atoms with Crippen LogP contribution >= 0.6 is 0 Å². The van der Waals surface area contributed by atoms with Crippen LogP contribution in [-0.4, -0.2) is 27.8 Å². The Balaban J connectivity index is 2.05. The van der Waals surface area contributed by atoms with Crippen molar-refractivity contribution in [2.24, 2.45) is 15.9 Å². The van der Waals surface area contributed by atoms with E-state index in [1.54, 1.807) is 18.2 Å². The van der Waals surface area contributed by atoms with E-state index < -0.39 is 11.9 Å². The maximum Gasteiger partial charge on any atom is 0.433 e. The molecule has 0 saturated carbocycles. The molecule has 0 radical (unpaired) electrons. The SMILES string of the molecule is CCC1C=C(c2cccc(C(F)(F)F)n2)NC(=NC(C)C)N=C1Nc1ccnc(C#N)c1. The summed E-state index contributed by atoms with van der Waals surface area (Å²) >= 11 is 0. The number of halogens is 3. The number of rotatable bonds is 4. The van der Waals surface area contributed by atoms with Crippen LogP contribution in [0.2, 0.25) is 0 Å². The smallest absolute Gasteiger partial charge is 0.343 e. The van der Waals surface area contributed by atoms with Crippen LogP contribution in [-0.2, 0) is 6.18 Å². The number of nitriles is 1. The Morgan fingerprint density at radius 2 is 2.06 bits per heavy atom. The first kappa shape index (κ1) is 22.9. The van der Waals surface area contributed by atoms with Gasteiger partial charge in [0.2, 0.25) is 5.96 Å². The molecular weight excluding hydrogens is 419 g/mol. The predicted octanol–water partition coefficient (Wildman–Crippen LogP) is 4.61. The number of aromatic nitrogens is 2. The van der Waals surface area contributed by atoms with Crippen LogP contribution in [0.1, 0.15) is 44.3 Å². The second-order valence-corrected chi connectivity index (χ2v) is 7.34. The van der Waals surface area contributed by atoms with Gasteiger partial charge in [0.15, 0.2) is 0 Å². The van der Waals surface area contributed by atoms with E-state index in [1.165, 1.54) is 18.3 Å². The van der Waals surface area contributed by atoms with Gasteiger partial charge in [-0.05, 0) is 50.6 Å². The molecule has 0 spiro atoms. The highest BCUT2D eigenvalue weighted by Gasteiger charge is 2.33. The number of hydrogen-bond acceptors (Lipinski definition) is 5. The number of aliphatic imine (C=N–C) groups is 2. The van der Waals surface area contributed by atoms with Crippen LogP contribution in [0.3, 0.4) is 0 Å². The van der Waals surface area contributed by atoms with Crippen LogP contribution in [0.5, 0.6) is 0 Å². The molecule has 1 aliphatic heterocycles. The van der Waals surface area contributed by atoms with E-state index in [0.717, 1.165) is 6.07 Å². The second kappa shape index (κ2) is 9.60. The van der Waals surface area contributed by atoms with Crippen molar-refractivity contribution >= 4 is 23.2 Å². The first-order valence-electron chi connectivity index (χ1n) is 10.0. The van der Waals surface area contributed by atoms with Gasteiger partial charge < -0.3 is 10.6 Å². The van der Waals surface area contributed by atoms with Gasteiger partial charge in [-0.3, -0.25) is 0 Å². The largest absolute Gasteiger partial charge is 0.433 e. The summed E-state index contributed by atoms with van der Waals surface area (Å²) < 4.78 is 39.6. The molecule has 3 rings (SSSR count). The molecule has 0 fully saturated rings. The van der Waals surface area contributed by atoms with E-state index in [1.807, 2.05) is 26.8 Å². The summed E-state index contributed by atoms with van der Waals surface area (Å²) in [5, 5.41) is 15.3. The molecule has 2 aromatic heterocycles. The normalized spacial score (nSPS) is 17.8. The molecule has 7 nitrogen and oxygen atoms in total. The zero-order chi connectivity index (χ0) is 23.3. The van der Waals surface area contributed by atoms with E-state index in [2.05, 4.69) is 30.6 Å². The zero-order valence-electron chi connectivity index (χ0n) is 17.8. The van der Waals surface area contributed by atoms with Crippen molar-refractivity contribution in [1.29, 1.82) is 5.26 Å². The van der Waals surface area contributed by atoms with Crippen molar-refractivity contribution in [3.63, 3.8) is 0 Å². The lowest BCUT2D eigenvalue weighted by molar-refractivity contribution is -0.141. The van der Waals surface area contributed by atoms with Crippen molar-refractivity contribution in [2.75, 3.05) is 5.32 Å². The van der Waals surface area contributed by atoms with E-state index in [0.29, 0.717) is 23.6 Å². The quantitative estimate of drug-likeness (QED) is 0.722. The monoisotopic (exact) mass is 441 g/mol. The minimum atomic E-state index is -4.55. The highest BCUT2D eigenvalue weighted by molar-refractivity contribution is 6.08. The Hall–Kier alpha value is -3.74. The van der Waals surface area contributed by atoms with Gasteiger partial charge in [0.1, 0.15) is 23.3 Å². The molecule has 1 aliphatic rings. The lowest BCUT2D eigenvalue weighted by Gasteiger charge is -2.15. The Labute approximate surface area is 183 Å². The van der Waals surface area contributed by atoms with E-state index in [9.17, 15) is 13.2 Å². The standard InChI is InChI=1S/C22H22F3N7/c1-4-14-10-18(17-6-5-7-19(30-17)22(23,24)25)31-21(28-13(2)3)32-20(14)29-15-8-9-27-16(11-15)12-26/h5-11,13-14H,4H2,1-3H3,(H2,27,28,29,31,32). The Morgan fingerprint density at radius 1 is 1.28 bits per heavy atom. The first-order valence-corrected chi connectivity index (χ1v) is 10.0. The molecule has 2 aromatic rings. The molecule has 3 heterocycles. The summed E-state index contributed by atoms with van der Waals surface area (Å²) in [6.45, 7) is 5.67. The van der Waals surface area contributed by atoms with Crippen LogP contribution in [0, 0.1) is 17.2 Å². The van der Waals surface area contributed by atoms with E-state index in [-0.39, 0.29) is 29.3 Å². The highest BCUT2D eigenvalue weighted by Crippen LogP contribution is 2.29. The van der Waals surface area contributed by atoms with Gasteiger partial charge in [-0.1, -0.05) is 13.0 Å². The lowest BCUT2D eigenvalue weighted by Crippen LogP contribution is -2.24. The third-order valence-electron chi connectivity index (χ3n) is 4.47. The van der Waals surface area contributed by atoms with Gasteiger partial charge in [0, 0.05) is 23.8 Å². The van der Waals surface area contributed by atoms with E-state index >= 15 is 0 Å². The second-order valence-electron chi connectivity index (χ2n) is 7.34. The summed E-state index contributed by atoms with van der Waals surface area (Å²) in [7, 11) is 0. The predicted molar refractivity (Wildman–Crippen MR) is 117 cm³/mol. The molecule has 0 aliphatic carbocycles. The molecule has 1 unspecified atom stereocenters. The van der Waals surface area contributed by atoms with Gasteiger partial charge in [0.25, 0.3) is 0 Å². The first-order chi connectivity index (χ1) is 15.2. The van der Waals surface area contributed by atoms with Crippen LogP contribution < -0.4 is 10.6 Å². The highest BCUT2D eigenvalue weighted by atomic mass is 19.4. The Bertz CT molecular complexity index is 1110. The van der Waals surface area contributed by atoms with Gasteiger partial charge >= 0.3 is 6.18 Å². The number of nitrogens with zero attached hydrogens (tertiary/aromatic N) is 5. The summed E-state index contributed by atoms with van der Waals surface area (Å²) in [5.74, 6) is 0.516. The molecule has 0 aromatic carbocycles. The van der Waals surface area contributed by atoms with Crippen LogP contribution in [0.15, 0.2) is 52.6 Å². The number of anilines is 1. The topological polar surface area (TPSA) is 98.3 Å². The zero-order valence-corrected chi connectivity index (χ0v) is 17.8. The van der Waals surface area contributed by atoms with Crippen LogP contribution in [0.25, 0.3) is 5.70 Å². The minimum absolute atomic E-state index is 0.109. The summed E-state index contributed by atoms with van der Waals surface area (Å²) in [5.41, 5.74) is 0.414. The maximum absolute atomic E-state index is 13.2. The lowest BCUT2D eigenvalue weighted by atomic mass is 10.0. The fourth-order valence-corrected chi connectivity index (χ4v) is 3.01. The minimum Gasteiger partial charge on any atom is -0.343 e. The van der Waals surface area contributed by atoms with Crippen molar-refractivity contribution in [1.82, 2.24) is 15.3 Å². The maximum atomic E-state index is 13.2. The van der Waals surface area contributed by atoms with Crippen molar-refractivity contribution in [2.45, 2.75) is 39.4 Å². The molecule has 32 heavy (non-hydrogen) atoms. The van der Waals surface area contributed by atoms with Crippen molar-refractivity contribution in [3.05, 3.63) is 59.7 Å². The summed E-state index contributed by atoms with van der Waals surface area (Å²) in [4.78, 5) is 16.8. The number of alkyl halides is 3. The van der Waals surface area contributed by atoms with Gasteiger partial charge in [-0.15, -0.1) is 0 Å². The molecule has 166 valence electrons. The molecular formula is C22H22F3N7. The third-order valence-corrected chi connectivity index (χ3v) is 4.47. The molecule has 0 amide bonds. The molecule has 0 saturated heterocycles. The average Bonchev–Trinajstić information content (AvgIpc) is 2.91. The molecule has 10 heteroatoms. The molecule has 2 N–H and O–H groups in total. The molecule has 1 atom stereocenters. The summed E-state index contributed by atoms with van der Waals surface area (Å²) in [6.07, 6.45) is -0.650. The summed E-state index contributed by atoms with van der Waals surface area (Å²) in [6, 6.07) is 8.92. The van der Waals surface area contributed by atoms with Crippen molar-refractivity contribution < 1.29 is 13.2 Å². The number of hydrogen-bond donors (Lipinski definition) is 2. The number of guanidine groups is 1. The van der Waals surface area contributed by atoms with Crippen molar-refractivity contribution in [3.8, 4) is 6.07 Å². The number of pyridine rings is 2. The number of amidine groups is 1. The third kappa shape index (κ3) is 5.69. The Kier molecular flexibility index (Phi) is 6.88. The fourth-order valence-electron chi connectivity index (χ4n) is 3.01. The van der Waals surface area contributed by atoms with Gasteiger partial charge in [-0.25, -0.2) is 15.0 Å². The van der Waals surface area contributed by atoms with E-state index in [4.69, 9.17) is 5.26 Å². The van der Waals surface area contributed by atoms with Gasteiger partial charge in [0.05, 0.1) is 11.4 Å². The molecule has 0 bridgehead atoms.